The Morgan fingerprint density at radius 2 is 1.74 bits per heavy atom. The van der Waals surface area contributed by atoms with Crippen LogP contribution in [0, 0.1) is 0 Å². The number of aromatic carboxylic acids is 1. The number of rotatable bonds is 9. The van der Waals surface area contributed by atoms with E-state index in [0.717, 1.165) is 17.0 Å². The molecule has 1 heterocycles. The van der Waals surface area contributed by atoms with Crippen molar-refractivity contribution < 1.29 is 19.4 Å². The highest BCUT2D eigenvalue weighted by atomic mass is 32.2. The number of hydrogen-bond acceptors (Lipinski definition) is 7. The smallest absolute Gasteiger partial charge is 0.335 e. The van der Waals surface area contributed by atoms with Crippen LogP contribution in [0.1, 0.15) is 15.9 Å². The van der Waals surface area contributed by atoms with Gasteiger partial charge in [0, 0.05) is 11.3 Å². The number of hydrazone groups is 1. The van der Waals surface area contributed by atoms with Gasteiger partial charge in [0.15, 0.2) is 11.0 Å². The van der Waals surface area contributed by atoms with Crippen LogP contribution in [0.25, 0.3) is 17.1 Å². The van der Waals surface area contributed by atoms with E-state index in [1.165, 1.54) is 30.1 Å². The van der Waals surface area contributed by atoms with Gasteiger partial charge in [0.1, 0.15) is 5.75 Å². The van der Waals surface area contributed by atoms with Gasteiger partial charge < -0.3 is 9.84 Å². The SMILES string of the molecule is COc1ccc(-c2nnc(SCC(=O)NN=Cc3ccc(C(=O)O)cc3)n2-c2ccccc2)cc1. The zero-order valence-electron chi connectivity index (χ0n) is 18.7. The Labute approximate surface area is 205 Å². The standard InChI is InChI=1S/C25H21N5O4S/c1-34-21-13-11-18(12-14-21)23-28-29-25(30(23)20-5-3-2-4-6-20)35-16-22(31)27-26-15-17-7-9-19(10-8-17)24(32)33/h2-15H,16H2,1H3,(H,27,31)(H,32,33). The second kappa shape index (κ2) is 11.1. The van der Waals surface area contributed by atoms with E-state index in [1.807, 2.05) is 59.2 Å². The number of para-hydroxylation sites is 1. The highest BCUT2D eigenvalue weighted by Gasteiger charge is 2.17. The molecule has 0 fully saturated rings. The fourth-order valence-electron chi connectivity index (χ4n) is 3.15. The molecule has 0 bridgehead atoms. The van der Waals surface area contributed by atoms with Gasteiger partial charge in [-0.05, 0) is 54.1 Å². The van der Waals surface area contributed by atoms with Crippen LogP contribution in [0.5, 0.6) is 5.75 Å². The summed E-state index contributed by atoms with van der Waals surface area (Å²) in [5, 5.41) is 22.1. The number of carbonyl (C=O) groups is 2. The van der Waals surface area contributed by atoms with Crippen molar-refractivity contribution in [2.45, 2.75) is 5.16 Å². The van der Waals surface area contributed by atoms with Crippen LogP contribution in [-0.2, 0) is 4.79 Å². The van der Waals surface area contributed by atoms with Crippen LogP contribution in [0.3, 0.4) is 0 Å². The summed E-state index contributed by atoms with van der Waals surface area (Å²) in [6.07, 6.45) is 1.45. The topological polar surface area (TPSA) is 119 Å². The number of aromatic nitrogens is 3. The van der Waals surface area contributed by atoms with E-state index in [1.54, 1.807) is 19.2 Å². The monoisotopic (exact) mass is 487 g/mol. The number of carbonyl (C=O) groups excluding carboxylic acids is 1. The van der Waals surface area contributed by atoms with Gasteiger partial charge in [0.05, 0.1) is 24.6 Å². The van der Waals surface area contributed by atoms with Gasteiger partial charge in [-0.25, -0.2) is 10.2 Å². The second-order valence-electron chi connectivity index (χ2n) is 7.21. The molecule has 4 rings (SSSR count). The summed E-state index contributed by atoms with van der Waals surface area (Å²) in [5.41, 5.74) is 5.04. The molecule has 2 N–H and O–H groups in total. The lowest BCUT2D eigenvalue weighted by atomic mass is 10.1. The zero-order valence-corrected chi connectivity index (χ0v) is 19.5. The molecule has 0 radical (unpaired) electrons. The van der Waals surface area contributed by atoms with Gasteiger partial charge in [-0.1, -0.05) is 42.1 Å². The largest absolute Gasteiger partial charge is 0.497 e. The summed E-state index contributed by atoms with van der Waals surface area (Å²) in [6, 6.07) is 23.3. The molecule has 0 unspecified atom stereocenters. The minimum atomic E-state index is -1.00. The van der Waals surface area contributed by atoms with E-state index in [2.05, 4.69) is 20.7 Å². The van der Waals surface area contributed by atoms with E-state index in [4.69, 9.17) is 9.84 Å². The summed E-state index contributed by atoms with van der Waals surface area (Å²) in [4.78, 5) is 23.3. The highest BCUT2D eigenvalue weighted by Crippen LogP contribution is 2.28. The third-order valence-electron chi connectivity index (χ3n) is 4.89. The normalized spacial score (nSPS) is 10.9. The quantitative estimate of drug-likeness (QED) is 0.209. The van der Waals surface area contributed by atoms with Crippen LogP contribution in [0.15, 0.2) is 89.1 Å². The third-order valence-corrected chi connectivity index (χ3v) is 5.82. The summed E-state index contributed by atoms with van der Waals surface area (Å²) >= 11 is 1.24. The van der Waals surface area contributed by atoms with Crippen LogP contribution in [-0.4, -0.2) is 50.8 Å². The van der Waals surface area contributed by atoms with Gasteiger partial charge in [0.25, 0.3) is 5.91 Å². The lowest BCUT2D eigenvalue weighted by Gasteiger charge is -2.10. The van der Waals surface area contributed by atoms with Crippen molar-refractivity contribution in [3.05, 3.63) is 90.0 Å². The first-order chi connectivity index (χ1) is 17.0. The van der Waals surface area contributed by atoms with E-state index < -0.39 is 5.97 Å². The zero-order chi connectivity index (χ0) is 24.6. The second-order valence-corrected chi connectivity index (χ2v) is 8.16. The molecule has 0 saturated carbocycles. The maximum absolute atomic E-state index is 12.4. The van der Waals surface area contributed by atoms with Crippen molar-refractivity contribution in [3.8, 4) is 22.8 Å². The van der Waals surface area contributed by atoms with Crippen LogP contribution in [0.2, 0.25) is 0 Å². The molecule has 0 aliphatic carbocycles. The van der Waals surface area contributed by atoms with Crippen LogP contribution >= 0.6 is 11.8 Å². The fraction of sp³-hybridized carbons (Fsp3) is 0.0800. The maximum Gasteiger partial charge on any atom is 0.335 e. The van der Waals surface area contributed by atoms with E-state index in [-0.39, 0.29) is 17.2 Å². The number of thioether (sulfide) groups is 1. The van der Waals surface area contributed by atoms with Gasteiger partial charge in [-0.15, -0.1) is 10.2 Å². The molecule has 4 aromatic rings. The molecule has 0 aliphatic rings. The molecule has 9 nitrogen and oxygen atoms in total. The number of carboxylic acid groups (broad SMARTS) is 1. The van der Waals surface area contributed by atoms with Gasteiger partial charge in [-0.3, -0.25) is 9.36 Å². The molecule has 1 amide bonds. The minimum absolute atomic E-state index is 0.0723. The molecule has 176 valence electrons. The molecule has 1 aromatic heterocycles. The van der Waals surface area contributed by atoms with Gasteiger partial charge >= 0.3 is 5.97 Å². The van der Waals surface area contributed by atoms with Crippen molar-refractivity contribution in [2.75, 3.05) is 12.9 Å². The first kappa shape index (κ1) is 23.7. The number of benzene rings is 3. The Bertz CT molecular complexity index is 1340. The first-order valence-corrected chi connectivity index (χ1v) is 11.5. The third kappa shape index (κ3) is 5.92. The number of carboxylic acids is 1. The Kier molecular flexibility index (Phi) is 7.53. The molecule has 10 heteroatoms. The summed E-state index contributed by atoms with van der Waals surface area (Å²) in [5.74, 6) is 0.135. The average Bonchev–Trinajstić information content (AvgIpc) is 3.32. The van der Waals surface area contributed by atoms with E-state index >= 15 is 0 Å². The van der Waals surface area contributed by atoms with Gasteiger partial charge in [-0.2, -0.15) is 5.10 Å². The molecular formula is C25H21N5O4S. The van der Waals surface area contributed by atoms with Crippen molar-refractivity contribution in [2.24, 2.45) is 5.10 Å². The molecular weight excluding hydrogens is 466 g/mol. The molecule has 3 aromatic carbocycles. The number of nitrogens with zero attached hydrogens (tertiary/aromatic N) is 4. The number of hydrogen-bond donors (Lipinski definition) is 2. The minimum Gasteiger partial charge on any atom is -0.497 e. The highest BCUT2D eigenvalue weighted by molar-refractivity contribution is 7.99. The Balaban J connectivity index is 1.46. The lowest BCUT2D eigenvalue weighted by Crippen LogP contribution is -2.20. The lowest BCUT2D eigenvalue weighted by molar-refractivity contribution is -0.118. The van der Waals surface area contributed by atoms with Gasteiger partial charge in [0.2, 0.25) is 0 Å². The first-order valence-electron chi connectivity index (χ1n) is 10.5. The Morgan fingerprint density at radius 3 is 2.40 bits per heavy atom. The van der Waals surface area contributed by atoms with Crippen molar-refractivity contribution in [1.82, 2.24) is 20.2 Å². The average molecular weight is 488 g/mol. The van der Waals surface area contributed by atoms with Crippen molar-refractivity contribution >= 4 is 29.9 Å². The van der Waals surface area contributed by atoms with E-state index in [9.17, 15) is 9.59 Å². The Morgan fingerprint density at radius 1 is 1.03 bits per heavy atom. The summed E-state index contributed by atoms with van der Waals surface area (Å²) in [7, 11) is 1.61. The van der Waals surface area contributed by atoms with Crippen molar-refractivity contribution in [3.63, 3.8) is 0 Å². The number of methoxy groups -OCH3 is 1. The van der Waals surface area contributed by atoms with Crippen LogP contribution < -0.4 is 10.2 Å². The summed E-state index contributed by atoms with van der Waals surface area (Å²) < 4.78 is 7.13. The maximum atomic E-state index is 12.4. The molecule has 0 spiro atoms. The Hall–Kier alpha value is -4.44. The molecule has 0 atom stereocenters. The molecule has 0 aliphatic heterocycles. The molecule has 0 saturated heterocycles. The predicted octanol–water partition coefficient (Wildman–Crippen LogP) is 3.88. The summed E-state index contributed by atoms with van der Waals surface area (Å²) in [6.45, 7) is 0. The number of ether oxygens (including phenoxy) is 1. The van der Waals surface area contributed by atoms with E-state index in [0.29, 0.717) is 16.5 Å². The fourth-order valence-corrected chi connectivity index (χ4v) is 3.90. The van der Waals surface area contributed by atoms with Crippen molar-refractivity contribution in [1.29, 1.82) is 0 Å². The number of nitrogens with one attached hydrogen (secondary N) is 1. The van der Waals surface area contributed by atoms with Crippen LogP contribution in [0.4, 0.5) is 0 Å². The predicted molar refractivity (Wildman–Crippen MR) is 133 cm³/mol. The molecule has 35 heavy (non-hydrogen) atoms. The number of amides is 1.